The van der Waals surface area contributed by atoms with Crippen molar-refractivity contribution in [3.05, 3.63) is 16.3 Å². The average molecular weight is 224 g/mol. The van der Waals surface area contributed by atoms with Crippen molar-refractivity contribution in [2.75, 3.05) is 18.4 Å². The second-order valence-electron chi connectivity index (χ2n) is 4.69. The van der Waals surface area contributed by atoms with E-state index in [0.717, 1.165) is 0 Å². The summed E-state index contributed by atoms with van der Waals surface area (Å²) < 4.78 is 0. The summed E-state index contributed by atoms with van der Waals surface area (Å²) in [4.78, 5) is 2.54. The van der Waals surface area contributed by atoms with Crippen LogP contribution in [0, 0.1) is 6.92 Å². The van der Waals surface area contributed by atoms with Crippen molar-refractivity contribution < 1.29 is 0 Å². The van der Waals surface area contributed by atoms with Crippen LogP contribution in [0.3, 0.4) is 0 Å². The monoisotopic (exact) mass is 224 g/mol. The van der Waals surface area contributed by atoms with Crippen molar-refractivity contribution in [2.24, 2.45) is 0 Å². The lowest BCUT2D eigenvalue weighted by molar-refractivity contribution is 0.274. The molecule has 0 saturated carbocycles. The Morgan fingerprint density at radius 3 is 2.80 bits per heavy atom. The van der Waals surface area contributed by atoms with Gasteiger partial charge in [-0.25, -0.2) is 0 Å². The van der Waals surface area contributed by atoms with Gasteiger partial charge in [-0.1, -0.05) is 0 Å². The number of anilines is 1. The molecule has 0 spiro atoms. The molecule has 84 valence electrons. The predicted octanol–water partition coefficient (Wildman–Crippen LogP) is 2.95. The minimum Gasteiger partial charge on any atom is -0.380 e. The molecule has 1 atom stereocenters. The molecule has 1 aromatic heterocycles. The van der Waals surface area contributed by atoms with Crippen molar-refractivity contribution in [3.8, 4) is 0 Å². The third-order valence-electron chi connectivity index (χ3n) is 3.17. The zero-order valence-corrected chi connectivity index (χ0v) is 10.6. The fraction of sp³-hybridized carbons (Fsp3) is 0.667. The molecule has 0 radical (unpaired) electrons. The zero-order valence-electron chi connectivity index (χ0n) is 9.79. The third-order valence-corrected chi connectivity index (χ3v) is 4.03. The number of nitrogens with zero attached hydrogens (tertiary/aromatic N) is 1. The highest BCUT2D eigenvalue weighted by Gasteiger charge is 2.24. The van der Waals surface area contributed by atoms with Gasteiger partial charge in [0.05, 0.1) is 0 Å². The van der Waals surface area contributed by atoms with Crippen LogP contribution >= 0.6 is 11.3 Å². The molecule has 1 aromatic rings. The van der Waals surface area contributed by atoms with Crippen LogP contribution in [0.15, 0.2) is 10.8 Å². The van der Waals surface area contributed by atoms with Crippen molar-refractivity contribution in [3.63, 3.8) is 0 Å². The standard InChI is InChI=1S/C12H20N2S/c1-9(2)14-5-4-11(6-14)13-12-8-15-7-10(12)3/h7-9,11,13H,4-6H2,1-3H3. The summed E-state index contributed by atoms with van der Waals surface area (Å²) in [6.07, 6.45) is 1.27. The zero-order chi connectivity index (χ0) is 10.8. The largest absolute Gasteiger partial charge is 0.380 e. The van der Waals surface area contributed by atoms with Crippen LogP contribution in [-0.4, -0.2) is 30.1 Å². The Labute approximate surface area is 96.3 Å². The van der Waals surface area contributed by atoms with Crippen LogP contribution in [0.4, 0.5) is 5.69 Å². The Kier molecular flexibility index (Phi) is 3.32. The van der Waals surface area contributed by atoms with Crippen molar-refractivity contribution in [1.29, 1.82) is 0 Å². The van der Waals surface area contributed by atoms with Gasteiger partial charge in [-0.2, -0.15) is 0 Å². The van der Waals surface area contributed by atoms with Crippen LogP contribution in [0.25, 0.3) is 0 Å². The number of thiophene rings is 1. The Hall–Kier alpha value is -0.540. The summed E-state index contributed by atoms with van der Waals surface area (Å²) >= 11 is 1.78. The van der Waals surface area contributed by atoms with Gasteiger partial charge in [0.1, 0.15) is 0 Å². The molecule has 1 fully saturated rings. The maximum atomic E-state index is 3.64. The van der Waals surface area contributed by atoms with E-state index in [1.165, 1.54) is 30.8 Å². The number of likely N-dealkylation sites (tertiary alicyclic amines) is 1. The molecule has 2 nitrogen and oxygen atoms in total. The van der Waals surface area contributed by atoms with Gasteiger partial charge in [-0.05, 0) is 38.1 Å². The van der Waals surface area contributed by atoms with Gasteiger partial charge < -0.3 is 5.32 Å². The summed E-state index contributed by atoms with van der Waals surface area (Å²) in [5, 5.41) is 8.06. The number of rotatable bonds is 3. The lowest BCUT2D eigenvalue weighted by Crippen LogP contribution is -2.31. The van der Waals surface area contributed by atoms with E-state index in [4.69, 9.17) is 0 Å². The molecule has 0 aliphatic carbocycles. The first-order valence-electron chi connectivity index (χ1n) is 5.70. The molecule has 0 bridgehead atoms. The Morgan fingerprint density at radius 1 is 1.47 bits per heavy atom. The van der Waals surface area contributed by atoms with E-state index in [-0.39, 0.29) is 0 Å². The normalized spacial score (nSPS) is 22.5. The summed E-state index contributed by atoms with van der Waals surface area (Å²) in [5.41, 5.74) is 2.71. The van der Waals surface area contributed by atoms with Gasteiger partial charge in [0, 0.05) is 36.2 Å². The van der Waals surface area contributed by atoms with Crippen molar-refractivity contribution >= 4 is 17.0 Å². The molecule has 0 amide bonds. The molecular formula is C12H20N2S. The Morgan fingerprint density at radius 2 is 2.27 bits per heavy atom. The molecule has 3 heteroatoms. The van der Waals surface area contributed by atoms with Gasteiger partial charge in [-0.15, -0.1) is 11.3 Å². The van der Waals surface area contributed by atoms with E-state index >= 15 is 0 Å². The van der Waals surface area contributed by atoms with E-state index in [0.29, 0.717) is 12.1 Å². The smallest absolute Gasteiger partial charge is 0.0481 e. The first-order chi connectivity index (χ1) is 7.16. The van der Waals surface area contributed by atoms with Gasteiger partial charge >= 0.3 is 0 Å². The van der Waals surface area contributed by atoms with E-state index < -0.39 is 0 Å². The summed E-state index contributed by atoms with van der Waals surface area (Å²) in [6.45, 7) is 9.15. The number of hydrogen-bond acceptors (Lipinski definition) is 3. The molecule has 0 aromatic carbocycles. The summed E-state index contributed by atoms with van der Waals surface area (Å²) in [7, 11) is 0. The van der Waals surface area contributed by atoms with Gasteiger partial charge in [0.25, 0.3) is 0 Å². The number of nitrogens with one attached hydrogen (secondary N) is 1. The second kappa shape index (κ2) is 4.54. The molecule has 2 heterocycles. The minimum atomic E-state index is 0.640. The van der Waals surface area contributed by atoms with Crippen LogP contribution in [-0.2, 0) is 0 Å². The topological polar surface area (TPSA) is 15.3 Å². The predicted molar refractivity (Wildman–Crippen MR) is 67.8 cm³/mol. The van der Waals surface area contributed by atoms with Crippen LogP contribution < -0.4 is 5.32 Å². The first kappa shape index (κ1) is 11.0. The Balaban J connectivity index is 1.90. The van der Waals surface area contributed by atoms with E-state index in [2.05, 4.69) is 41.7 Å². The van der Waals surface area contributed by atoms with E-state index in [1.807, 2.05) is 0 Å². The fourth-order valence-corrected chi connectivity index (χ4v) is 2.89. The molecule has 1 aliphatic heterocycles. The van der Waals surface area contributed by atoms with Crippen molar-refractivity contribution in [2.45, 2.75) is 39.3 Å². The maximum absolute atomic E-state index is 3.64. The van der Waals surface area contributed by atoms with Gasteiger partial charge in [0.2, 0.25) is 0 Å². The quantitative estimate of drug-likeness (QED) is 0.849. The highest BCUT2D eigenvalue weighted by atomic mass is 32.1. The maximum Gasteiger partial charge on any atom is 0.0481 e. The summed E-state index contributed by atoms with van der Waals surface area (Å²) in [5.74, 6) is 0. The number of aryl methyl sites for hydroxylation is 1. The lowest BCUT2D eigenvalue weighted by atomic mass is 10.2. The molecule has 1 N–H and O–H groups in total. The molecule has 2 rings (SSSR count). The van der Waals surface area contributed by atoms with Gasteiger partial charge in [0.15, 0.2) is 0 Å². The molecule has 1 unspecified atom stereocenters. The van der Waals surface area contributed by atoms with Crippen LogP contribution in [0.1, 0.15) is 25.8 Å². The van der Waals surface area contributed by atoms with Crippen molar-refractivity contribution in [1.82, 2.24) is 4.90 Å². The van der Waals surface area contributed by atoms with E-state index in [1.54, 1.807) is 11.3 Å². The molecule has 1 saturated heterocycles. The molecule has 1 aliphatic rings. The van der Waals surface area contributed by atoms with Crippen LogP contribution in [0.2, 0.25) is 0 Å². The first-order valence-corrected chi connectivity index (χ1v) is 6.64. The average Bonchev–Trinajstić information content (AvgIpc) is 2.77. The Bertz CT molecular complexity index is 319. The SMILES string of the molecule is Cc1cscc1NC1CCN(C(C)C)C1. The van der Waals surface area contributed by atoms with E-state index in [9.17, 15) is 0 Å². The highest BCUT2D eigenvalue weighted by Crippen LogP contribution is 2.23. The van der Waals surface area contributed by atoms with Gasteiger partial charge in [-0.3, -0.25) is 4.90 Å². The third kappa shape index (κ3) is 2.52. The van der Waals surface area contributed by atoms with Crippen LogP contribution in [0.5, 0.6) is 0 Å². The lowest BCUT2D eigenvalue weighted by Gasteiger charge is -2.20. The summed E-state index contributed by atoms with van der Waals surface area (Å²) in [6, 6.07) is 1.32. The highest BCUT2D eigenvalue weighted by molar-refractivity contribution is 7.08. The molecule has 15 heavy (non-hydrogen) atoms. The molecular weight excluding hydrogens is 204 g/mol. The second-order valence-corrected chi connectivity index (χ2v) is 5.43. The fourth-order valence-electron chi connectivity index (χ4n) is 2.10. The minimum absolute atomic E-state index is 0.640. The number of hydrogen-bond donors (Lipinski definition) is 1.